The van der Waals surface area contributed by atoms with Crippen molar-refractivity contribution in [3.05, 3.63) is 40.9 Å². The van der Waals surface area contributed by atoms with Crippen LogP contribution in [0.1, 0.15) is 34.1 Å². The number of benzene rings is 1. The first kappa shape index (κ1) is 15.2. The monoisotopic (exact) mass is 304 g/mol. The number of thiazole rings is 1. The summed E-state index contributed by atoms with van der Waals surface area (Å²) in [7, 11) is 1.71. The quantitative estimate of drug-likeness (QED) is 0.922. The van der Waals surface area contributed by atoms with E-state index >= 15 is 0 Å². The molecule has 1 aromatic heterocycles. The summed E-state index contributed by atoms with van der Waals surface area (Å²) in [6.07, 6.45) is 2.50. The second-order valence-corrected chi connectivity index (χ2v) is 5.56. The van der Waals surface area contributed by atoms with Crippen molar-refractivity contribution in [2.45, 2.75) is 13.3 Å². The maximum Gasteiger partial charge on any atom is 0.335 e. The summed E-state index contributed by atoms with van der Waals surface area (Å²) in [6, 6.07) is 4.64. The molecule has 21 heavy (non-hydrogen) atoms. The van der Waals surface area contributed by atoms with Gasteiger partial charge in [-0.2, -0.15) is 0 Å². The number of aromatic nitrogens is 1. The average molecular weight is 304 g/mol. The molecule has 110 valence electrons. The van der Waals surface area contributed by atoms with E-state index in [1.807, 2.05) is 12.3 Å². The minimum atomic E-state index is -1.05. The van der Waals surface area contributed by atoms with Crippen LogP contribution in [0.25, 0.3) is 10.6 Å². The summed E-state index contributed by atoms with van der Waals surface area (Å²) in [5, 5.41) is 11.7. The molecule has 0 aliphatic heterocycles. The number of carboxylic acids is 1. The number of hydrogen-bond donors (Lipinski definition) is 1. The highest BCUT2D eigenvalue weighted by atomic mass is 32.1. The molecule has 0 unspecified atom stereocenters. The van der Waals surface area contributed by atoms with E-state index in [2.05, 4.69) is 4.98 Å². The molecular formula is C15H16N2O3S. The number of amides is 1. The molecule has 5 nitrogen and oxygen atoms in total. The molecule has 6 heteroatoms. The largest absolute Gasteiger partial charge is 0.478 e. The fourth-order valence-electron chi connectivity index (χ4n) is 2.02. The van der Waals surface area contributed by atoms with Gasteiger partial charge < -0.3 is 10.0 Å². The summed E-state index contributed by atoms with van der Waals surface area (Å²) in [5.41, 5.74) is 1.12. The van der Waals surface area contributed by atoms with E-state index in [9.17, 15) is 14.7 Å². The van der Waals surface area contributed by atoms with Gasteiger partial charge in [0.05, 0.1) is 5.56 Å². The number of nitrogens with zero attached hydrogens (tertiary/aromatic N) is 2. The summed E-state index contributed by atoms with van der Waals surface area (Å²) in [4.78, 5) is 29.4. The van der Waals surface area contributed by atoms with Gasteiger partial charge in [0, 0.05) is 36.3 Å². The Morgan fingerprint density at radius 3 is 2.57 bits per heavy atom. The van der Waals surface area contributed by atoms with Gasteiger partial charge >= 0.3 is 5.97 Å². The SMILES string of the molecule is CCCN(C)C(=O)c1cc(C(=O)O)cc(-c2nccs2)c1. The van der Waals surface area contributed by atoms with Gasteiger partial charge in [-0.3, -0.25) is 4.79 Å². The lowest BCUT2D eigenvalue weighted by atomic mass is 10.0. The van der Waals surface area contributed by atoms with E-state index in [0.29, 0.717) is 22.7 Å². The van der Waals surface area contributed by atoms with Crippen molar-refractivity contribution in [3.8, 4) is 10.6 Å². The Morgan fingerprint density at radius 1 is 1.29 bits per heavy atom. The molecule has 1 aromatic carbocycles. The van der Waals surface area contributed by atoms with Crippen molar-refractivity contribution in [1.29, 1.82) is 0 Å². The van der Waals surface area contributed by atoms with E-state index in [1.165, 1.54) is 23.5 Å². The highest BCUT2D eigenvalue weighted by Crippen LogP contribution is 2.25. The third kappa shape index (κ3) is 3.46. The second-order valence-electron chi connectivity index (χ2n) is 4.67. The zero-order valence-electron chi connectivity index (χ0n) is 11.9. The molecular weight excluding hydrogens is 288 g/mol. The van der Waals surface area contributed by atoms with Gasteiger partial charge in [-0.25, -0.2) is 9.78 Å². The Labute approximate surface area is 126 Å². The van der Waals surface area contributed by atoms with Gasteiger partial charge in [-0.15, -0.1) is 11.3 Å². The molecule has 1 amide bonds. The molecule has 0 aliphatic carbocycles. The lowest BCUT2D eigenvalue weighted by molar-refractivity contribution is 0.0697. The predicted molar refractivity (Wildman–Crippen MR) is 81.8 cm³/mol. The minimum absolute atomic E-state index is 0.0935. The zero-order valence-corrected chi connectivity index (χ0v) is 12.7. The van der Waals surface area contributed by atoms with Crippen LogP contribution in [0.15, 0.2) is 29.8 Å². The van der Waals surface area contributed by atoms with Crippen molar-refractivity contribution in [3.63, 3.8) is 0 Å². The van der Waals surface area contributed by atoms with E-state index in [-0.39, 0.29) is 11.5 Å². The zero-order chi connectivity index (χ0) is 15.4. The highest BCUT2D eigenvalue weighted by Gasteiger charge is 2.16. The Hall–Kier alpha value is -2.21. The number of carboxylic acid groups (broad SMARTS) is 1. The van der Waals surface area contributed by atoms with Crippen molar-refractivity contribution in [2.75, 3.05) is 13.6 Å². The van der Waals surface area contributed by atoms with E-state index in [0.717, 1.165) is 6.42 Å². The van der Waals surface area contributed by atoms with Gasteiger partial charge in [0.1, 0.15) is 5.01 Å². The third-order valence-electron chi connectivity index (χ3n) is 3.01. The Morgan fingerprint density at radius 2 is 2.00 bits per heavy atom. The van der Waals surface area contributed by atoms with Gasteiger partial charge in [0.25, 0.3) is 5.91 Å². The minimum Gasteiger partial charge on any atom is -0.478 e. The topological polar surface area (TPSA) is 70.5 Å². The first-order valence-corrected chi connectivity index (χ1v) is 7.44. The average Bonchev–Trinajstić information content (AvgIpc) is 3.00. The van der Waals surface area contributed by atoms with Crippen molar-refractivity contribution in [1.82, 2.24) is 9.88 Å². The van der Waals surface area contributed by atoms with Crippen LogP contribution >= 0.6 is 11.3 Å². The maximum atomic E-state index is 12.3. The number of carbonyl (C=O) groups excluding carboxylic acids is 1. The number of carbonyl (C=O) groups is 2. The first-order chi connectivity index (χ1) is 10.0. The second kappa shape index (κ2) is 6.49. The Bertz CT molecular complexity index is 653. The lowest BCUT2D eigenvalue weighted by Gasteiger charge is -2.16. The van der Waals surface area contributed by atoms with Crippen LogP contribution in [0, 0.1) is 0 Å². The molecule has 0 bridgehead atoms. The molecule has 2 aromatic rings. The summed E-state index contributed by atoms with van der Waals surface area (Å²) < 4.78 is 0. The first-order valence-electron chi connectivity index (χ1n) is 6.56. The number of aromatic carboxylic acids is 1. The van der Waals surface area contributed by atoms with Gasteiger partial charge in [0.15, 0.2) is 0 Å². The van der Waals surface area contributed by atoms with Crippen LogP contribution < -0.4 is 0 Å². The van der Waals surface area contributed by atoms with Crippen LogP contribution in [-0.2, 0) is 0 Å². The van der Waals surface area contributed by atoms with Crippen LogP contribution in [0.4, 0.5) is 0 Å². The third-order valence-corrected chi connectivity index (χ3v) is 3.83. The molecule has 0 aliphatic rings. The number of hydrogen-bond acceptors (Lipinski definition) is 4. The van der Waals surface area contributed by atoms with Gasteiger partial charge in [-0.05, 0) is 24.6 Å². The number of rotatable bonds is 5. The lowest BCUT2D eigenvalue weighted by Crippen LogP contribution is -2.27. The van der Waals surface area contributed by atoms with Gasteiger partial charge in [0.2, 0.25) is 0 Å². The fourth-order valence-corrected chi connectivity index (χ4v) is 2.65. The van der Waals surface area contributed by atoms with Crippen LogP contribution in [-0.4, -0.2) is 40.5 Å². The summed E-state index contributed by atoms with van der Waals surface area (Å²) >= 11 is 1.41. The summed E-state index contributed by atoms with van der Waals surface area (Å²) in [5.74, 6) is -1.24. The van der Waals surface area contributed by atoms with Crippen molar-refractivity contribution < 1.29 is 14.7 Å². The van der Waals surface area contributed by atoms with E-state index in [4.69, 9.17) is 0 Å². The normalized spacial score (nSPS) is 10.4. The van der Waals surface area contributed by atoms with Crippen LogP contribution in [0.5, 0.6) is 0 Å². The van der Waals surface area contributed by atoms with Crippen molar-refractivity contribution in [2.24, 2.45) is 0 Å². The van der Waals surface area contributed by atoms with E-state index in [1.54, 1.807) is 24.2 Å². The Kier molecular flexibility index (Phi) is 4.70. The predicted octanol–water partition coefficient (Wildman–Crippen LogP) is 2.99. The van der Waals surface area contributed by atoms with Gasteiger partial charge in [-0.1, -0.05) is 6.92 Å². The van der Waals surface area contributed by atoms with Crippen LogP contribution in [0.2, 0.25) is 0 Å². The van der Waals surface area contributed by atoms with Crippen molar-refractivity contribution >= 4 is 23.2 Å². The molecule has 0 fully saturated rings. The Balaban J connectivity index is 2.46. The molecule has 0 spiro atoms. The smallest absolute Gasteiger partial charge is 0.335 e. The standard InChI is InChI=1S/C15H16N2O3S/c1-3-5-17(2)14(18)11-7-10(13-16-4-6-21-13)8-12(9-11)15(19)20/h4,6-9H,3,5H2,1-2H3,(H,19,20). The molecule has 2 rings (SSSR count). The molecule has 0 saturated heterocycles. The maximum absolute atomic E-state index is 12.3. The molecule has 0 radical (unpaired) electrons. The van der Waals surface area contributed by atoms with Crippen LogP contribution in [0.3, 0.4) is 0 Å². The molecule has 1 N–H and O–H groups in total. The highest BCUT2D eigenvalue weighted by molar-refractivity contribution is 7.13. The van der Waals surface area contributed by atoms with E-state index < -0.39 is 5.97 Å². The molecule has 1 heterocycles. The molecule has 0 saturated carbocycles. The fraction of sp³-hybridized carbons (Fsp3) is 0.267. The summed E-state index contributed by atoms with van der Waals surface area (Å²) in [6.45, 7) is 2.61. The molecule has 0 atom stereocenters.